The third-order valence-electron chi connectivity index (χ3n) is 1.36. The SMILES string of the molecule is CC(=O)P(O)(O)(OP(O)O)C(C)=O. The van der Waals surface area contributed by atoms with Gasteiger partial charge in [0.25, 0.3) is 0 Å². The summed E-state index contributed by atoms with van der Waals surface area (Å²) in [5.41, 5.74) is -2.65. The maximum absolute atomic E-state index is 10.8. The monoisotopic (exact) mass is 232 g/mol. The van der Waals surface area contributed by atoms with Crippen LogP contribution in [0.5, 0.6) is 0 Å². The van der Waals surface area contributed by atoms with E-state index in [1.165, 1.54) is 0 Å². The van der Waals surface area contributed by atoms with Gasteiger partial charge in [0, 0.05) is 0 Å². The molecule has 0 spiro atoms. The van der Waals surface area contributed by atoms with Crippen molar-refractivity contribution in [3.8, 4) is 0 Å². The van der Waals surface area contributed by atoms with Crippen molar-refractivity contribution < 1.29 is 33.5 Å². The molecule has 78 valence electrons. The molecule has 4 N–H and O–H groups in total. The summed E-state index contributed by atoms with van der Waals surface area (Å²) in [5, 5.41) is 0. The van der Waals surface area contributed by atoms with E-state index in [4.69, 9.17) is 9.79 Å². The molecule has 0 unspecified atom stereocenters. The molecule has 0 amide bonds. The summed E-state index contributed by atoms with van der Waals surface area (Å²) in [6, 6.07) is 0. The van der Waals surface area contributed by atoms with Crippen molar-refractivity contribution in [2.75, 3.05) is 0 Å². The fourth-order valence-corrected chi connectivity index (χ4v) is 2.95. The van der Waals surface area contributed by atoms with Crippen LogP contribution in [0.2, 0.25) is 0 Å². The first kappa shape index (κ1) is 13.0. The van der Waals surface area contributed by atoms with E-state index in [0.717, 1.165) is 13.8 Å². The van der Waals surface area contributed by atoms with E-state index in [1.807, 2.05) is 0 Å². The molecule has 0 saturated carbocycles. The van der Waals surface area contributed by atoms with Crippen LogP contribution in [0.1, 0.15) is 13.8 Å². The average Bonchev–Trinajstić information content (AvgIpc) is 1.83. The maximum atomic E-state index is 10.8. The van der Waals surface area contributed by atoms with Crippen LogP contribution in [-0.2, 0) is 13.9 Å². The second-order valence-corrected chi connectivity index (χ2v) is 6.63. The number of carbonyl (C=O) groups is 2. The van der Waals surface area contributed by atoms with E-state index in [-0.39, 0.29) is 0 Å². The Morgan fingerprint density at radius 1 is 1.15 bits per heavy atom. The number of carbonyl (C=O) groups excluding carboxylic acids is 2. The summed E-state index contributed by atoms with van der Waals surface area (Å²) in [7, 11) is -8.87. The Morgan fingerprint density at radius 2 is 1.46 bits per heavy atom. The Balaban J connectivity index is 5.16. The predicted molar refractivity (Wildman–Crippen MR) is 45.2 cm³/mol. The molecule has 0 fully saturated rings. The van der Waals surface area contributed by atoms with E-state index in [9.17, 15) is 19.4 Å². The first-order chi connectivity index (χ1) is 5.60. The molecule has 0 atom stereocenters. The summed E-state index contributed by atoms with van der Waals surface area (Å²) in [4.78, 5) is 56.8. The van der Waals surface area contributed by atoms with E-state index in [0.29, 0.717) is 0 Å². The first-order valence-corrected chi connectivity index (χ1v) is 6.25. The van der Waals surface area contributed by atoms with Crippen LogP contribution in [0.3, 0.4) is 0 Å². The van der Waals surface area contributed by atoms with Crippen LogP contribution < -0.4 is 0 Å². The van der Waals surface area contributed by atoms with Crippen molar-refractivity contribution in [1.82, 2.24) is 0 Å². The first-order valence-electron chi connectivity index (χ1n) is 3.02. The molecule has 13 heavy (non-hydrogen) atoms. The standard InChI is InChI=1S/C4H10O7P2/c1-3(5)13(9,10,4(2)6)11-12(7)8/h7-10H,1-2H3. The molecule has 9 heteroatoms. The van der Waals surface area contributed by atoms with Gasteiger partial charge in [-0.15, -0.1) is 0 Å². The average molecular weight is 232 g/mol. The van der Waals surface area contributed by atoms with Gasteiger partial charge < -0.3 is 0 Å². The van der Waals surface area contributed by atoms with Gasteiger partial charge in [-0.2, -0.15) is 0 Å². The second kappa shape index (κ2) is 3.63. The summed E-state index contributed by atoms with van der Waals surface area (Å²) in [6.07, 6.45) is 0. The van der Waals surface area contributed by atoms with Crippen molar-refractivity contribution in [1.29, 1.82) is 0 Å². The molecule has 0 aromatic carbocycles. The van der Waals surface area contributed by atoms with E-state index < -0.39 is 26.9 Å². The molecule has 0 bridgehead atoms. The number of hydrogen-bond donors (Lipinski definition) is 4. The quantitative estimate of drug-likeness (QED) is 0.485. The molecule has 0 aromatic rings. The van der Waals surface area contributed by atoms with Crippen molar-refractivity contribution in [3.63, 3.8) is 0 Å². The summed E-state index contributed by atoms with van der Waals surface area (Å²) < 4.78 is 3.87. The molecule has 0 heterocycles. The van der Waals surface area contributed by atoms with Crippen LogP contribution in [0.15, 0.2) is 0 Å². The van der Waals surface area contributed by atoms with Gasteiger partial charge in [-0.05, 0) is 0 Å². The Morgan fingerprint density at radius 3 is 1.54 bits per heavy atom. The van der Waals surface area contributed by atoms with E-state index in [1.54, 1.807) is 0 Å². The molecule has 7 nitrogen and oxygen atoms in total. The van der Waals surface area contributed by atoms with Crippen LogP contribution >= 0.6 is 15.9 Å². The van der Waals surface area contributed by atoms with E-state index >= 15 is 0 Å². The zero-order valence-electron chi connectivity index (χ0n) is 6.91. The fourth-order valence-electron chi connectivity index (χ4n) is 0.475. The minimum absolute atomic E-state index is 0.720. The molecular formula is C4H10O7P2. The zero-order chi connectivity index (χ0) is 10.9. The van der Waals surface area contributed by atoms with Crippen molar-refractivity contribution in [2.24, 2.45) is 0 Å². The van der Waals surface area contributed by atoms with Gasteiger partial charge >= 0.3 is 74.3 Å². The van der Waals surface area contributed by atoms with Gasteiger partial charge in [-0.3, -0.25) is 0 Å². The van der Waals surface area contributed by atoms with Gasteiger partial charge in [-0.1, -0.05) is 0 Å². The second-order valence-electron chi connectivity index (χ2n) is 2.32. The summed E-state index contributed by atoms with van der Waals surface area (Å²) >= 11 is 0. The topological polar surface area (TPSA) is 124 Å². The van der Waals surface area contributed by atoms with Gasteiger partial charge in [0.05, 0.1) is 0 Å². The molecular weight excluding hydrogens is 222 g/mol. The van der Waals surface area contributed by atoms with Gasteiger partial charge in [0.15, 0.2) is 0 Å². The molecule has 0 rings (SSSR count). The minimum atomic E-state index is -5.69. The van der Waals surface area contributed by atoms with Gasteiger partial charge in [0.2, 0.25) is 0 Å². The zero-order valence-corrected chi connectivity index (χ0v) is 8.70. The molecule has 0 saturated heterocycles. The summed E-state index contributed by atoms with van der Waals surface area (Å²) in [6.45, 7) is 1.44. The molecule has 0 aliphatic heterocycles. The van der Waals surface area contributed by atoms with Gasteiger partial charge in [-0.25, -0.2) is 0 Å². The Hall–Kier alpha value is 0. The van der Waals surface area contributed by atoms with Crippen LogP contribution in [0.25, 0.3) is 0 Å². The van der Waals surface area contributed by atoms with Crippen LogP contribution in [0, 0.1) is 0 Å². The molecule has 0 aliphatic rings. The third-order valence-corrected chi connectivity index (χ3v) is 5.46. The number of rotatable bonds is 4. The van der Waals surface area contributed by atoms with Gasteiger partial charge in [0.1, 0.15) is 0 Å². The molecule has 0 aromatic heterocycles. The van der Waals surface area contributed by atoms with Crippen molar-refractivity contribution >= 4 is 26.9 Å². The van der Waals surface area contributed by atoms with Crippen LogP contribution in [0.4, 0.5) is 0 Å². The number of hydrogen-bond acceptors (Lipinski definition) is 7. The Kier molecular flexibility index (Phi) is 3.63. The van der Waals surface area contributed by atoms with Crippen molar-refractivity contribution in [2.45, 2.75) is 13.8 Å². The Labute approximate surface area is 75.1 Å². The molecule has 0 radical (unpaired) electrons. The Bertz CT molecular complexity index is 229. The summed E-state index contributed by atoms with van der Waals surface area (Å²) in [5.74, 6) is 0. The fraction of sp³-hybridized carbons (Fsp3) is 0.500. The van der Waals surface area contributed by atoms with E-state index in [2.05, 4.69) is 4.31 Å². The third kappa shape index (κ3) is 2.48. The normalized spacial score (nSPS) is 15.2. The molecule has 0 aliphatic carbocycles. The van der Waals surface area contributed by atoms with Crippen molar-refractivity contribution in [3.05, 3.63) is 0 Å². The van der Waals surface area contributed by atoms with Crippen LogP contribution in [-0.4, -0.2) is 30.6 Å². The predicted octanol–water partition coefficient (Wildman–Crippen LogP) is -0.410.